The van der Waals surface area contributed by atoms with E-state index in [-0.39, 0.29) is 11.3 Å². The molecule has 1 amide bonds. The summed E-state index contributed by atoms with van der Waals surface area (Å²) in [4.78, 5) is 19.5. The van der Waals surface area contributed by atoms with E-state index in [1.165, 1.54) is 0 Å². The van der Waals surface area contributed by atoms with Crippen molar-refractivity contribution in [2.75, 3.05) is 6.54 Å². The number of benzene rings is 1. The molecule has 3 rings (SSSR count). The average Bonchev–Trinajstić information content (AvgIpc) is 3.12. The van der Waals surface area contributed by atoms with Crippen LogP contribution in [0.15, 0.2) is 18.2 Å². The SMILES string of the molecule is Cc1nc2ccc(CNC(=O)C3(CN)CC3)cc2[nH]1. The predicted octanol–water partition coefficient (Wildman–Crippen LogP) is 1.23. The molecule has 0 spiro atoms. The van der Waals surface area contributed by atoms with Crippen molar-refractivity contribution in [3.63, 3.8) is 0 Å². The van der Waals surface area contributed by atoms with Crippen molar-refractivity contribution in [2.45, 2.75) is 26.3 Å². The maximum Gasteiger partial charge on any atom is 0.227 e. The Morgan fingerprint density at radius 2 is 2.32 bits per heavy atom. The number of carbonyl (C=O) groups is 1. The van der Waals surface area contributed by atoms with E-state index in [1.807, 2.05) is 25.1 Å². The molecule has 100 valence electrons. The second-order valence-electron chi connectivity index (χ2n) is 5.34. The number of aryl methyl sites for hydroxylation is 1. The van der Waals surface area contributed by atoms with Gasteiger partial charge >= 0.3 is 0 Å². The number of amides is 1. The topological polar surface area (TPSA) is 83.8 Å². The van der Waals surface area contributed by atoms with E-state index in [1.54, 1.807) is 0 Å². The van der Waals surface area contributed by atoms with E-state index in [2.05, 4.69) is 15.3 Å². The number of rotatable bonds is 4. The molecule has 5 nitrogen and oxygen atoms in total. The van der Waals surface area contributed by atoms with Crippen LogP contribution in [0.4, 0.5) is 0 Å². The highest BCUT2D eigenvalue weighted by Crippen LogP contribution is 2.44. The van der Waals surface area contributed by atoms with Gasteiger partial charge in [-0.15, -0.1) is 0 Å². The van der Waals surface area contributed by atoms with E-state index in [0.29, 0.717) is 13.1 Å². The van der Waals surface area contributed by atoms with Gasteiger partial charge in [0.05, 0.1) is 16.4 Å². The molecule has 1 aromatic heterocycles. The van der Waals surface area contributed by atoms with E-state index >= 15 is 0 Å². The zero-order chi connectivity index (χ0) is 13.5. The van der Waals surface area contributed by atoms with Gasteiger partial charge in [-0.2, -0.15) is 0 Å². The Labute approximate surface area is 111 Å². The largest absolute Gasteiger partial charge is 0.352 e. The highest BCUT2D eigenvalue weighted by atomic mass is 16.2. The zero-order valence-electron chi connectivity index (χ0n) is 11.0. The molecule has 0 atom stereocenters. The number of hydrogen-bond donors (Lipinski definition) is 3. The molecule has 1 aromatic carbocycles. The van der Waals surface area contributed by atoms with E-state index in [4.69, 9.17) is 5.73 Å². The van der Waals surface area contributed by atoms with Gasteiger partial charge in [0.2, 0.25) is 5.91 Å². The first-order chi connectivity index (χ1) is 9.13. The Balaban J connectivity index is 1.70. The van der Waals surface area contributed by atoms with Gasteiger partial charge in [0.25, 0.3) is 0 Å². The van der Waals surface area contributed by atoms with Crippen molar-refractivity contribution < 1.29 is 4.79 Å². The first-order valence-corrected chi connectivity index (χ1v) is 6.57. The summed E-state index contributed by atoms with van der Waals surface area (Å²) in [5.74, 6) is 0.979. The van der Waals surface area contributed by atoms with Gasteiger partial charge in [-0.1, -0.05) is 6.07 Å². The van der Waals surface area contributed by atoms with Crippen LogP contribution in [0, 0.1) is 12.3 Å². The van der Waals surface area contributed by atoms with Crippen molar-refractivity contribution in [2.24, 2.45) is 11.1 Å². The summed E-state index contributed by atoms with van der Waals surface area (Å²) < 4.78 is 0. The Morgan fingerprint density at radius 3 is 3.00 bits per heavy atom. The van der Waals surface area contributed by atoms with Crippen LogP contribution in [0.2, 0.25) is 0 Å². The Morgan fingerprint density at radius 1 is 1.53 bits per heavy atom. The lowest BCUT2D eigenvalue weighted by atomic mass is 10.1. The molecule has 1 fully saturated rings. The van der Waals surface area contributed by atoms with Gasteiger partial charge < -0.3 is 16.0 Å². The van der Waals surface area contributed by atoms with Crippen LogP contribution in [0.3, 0.4) is 0 Å². The van der Waals surface area contributed by atoms with E-state index in [0.717, 1.165) is 35.3 Å². The third-order valence-corrected chi connectivity index (χ3v) is 3.84. The number of hydrogen-bond acceptors (Lipinski definition) is 3. The zero-order valence-corrected chi connectivity index (χ0v) is 11.0. The molecule has 0 saturated heterocycles. The summed E-state index contributed by atoms with van der Waals surface area (Å²) in [6, 6.07) is 5.98. The second-order valence-corrected chi connectivity index (χ2v) is 5.34. The third-order valence-electron chi connectivity index (χ3n) is 3.84. The number of H-pyrrole nitrogens is 1. The summed E-state index contributed by atoms with van der Waals surface area (Å²) in [6.45, 7) is 2.91. The molecule has 19 heavy (non-hydrogen) atoms. The molecule has 0 aliphatic heterocycles. The quantitative estimate of drug-likeness (QED) is 0.771. The molecule has 5 heteroatoms. The van der Waals surface area contributed by atoms with Crippen LogP contribution in [0.25, 0.3) is 11.0 Å². The van der Waals surface area contributed by atoms with E-state index < -0.39 is 0 Å². The fraction of sp³-hybridized carbons (Fsp3) is 0.429. The molecule has 1 heterocycles. The summed E-state index contributed by atoms with van der Waals surface area (Å²) in [5, 5.41) is 2.97. The first kappa shape index (κ1) is 12.2. The van der Waals surface area contributed by atoms with Gasteiger partial charge in [-0.25, -0.2) is 4.98 Å². The standard InChI is InChI=1S/C14H18N4O/c1-9-17-11-3-2-10(6-12(11)18-9)7-16-13(19)14(8-15)4-5-14/h2-3,6H,4-5,7-8,15H2,1H3,(H,16,19)(H,17,18). The normalized spacial score (nSPS) is 16.5. The van der Waals surface area contributed by atoms with Crippen LogP contribution in [-0.4, -0.2) is 22.4 Å². The fourth-order valence-electron chi connectivity index (χ4n) is 2.34. The maximum absolute atomic E-state index is 12.0. The lowest BCUT2D eigenvalue weighted by Gasteiger charge is -2.12. The van der Waals surface area contributed by atoms with Crippen LogP contribution in [0.5, 0.6) is 0 Å². The smallest absolute Gasteiger partial charge is 0.227 e. The van der Waals surface area contributed by atoms with Crippen LogP contribution in [0.1, 0.15) is 24.2 Å². The average molecular weight is 258 g/mol. The molecule has 0 radical (unpaired) electrons. The second kappa shape index (κ2) is 4.35. The van der Waals surface area contributed by atoms with Crippen molar-refractivity contribution in [1.29, 1.82) is 0 Å². The number of imidazole rings is 1. The number of nitrogens with zero attached hydrogens (tertiary/aromatic N) is 1. The molecule has 2 aromatic rings. The van der Waals surface area contributed by atoms with Crippen LogP contribution >= 0.6 is 0 Å². The molecule has 1 aliphatic carbocycles. The first-order valence-electron chi connectivity index (χ1n) is 6.57. The molecule has 0 bridgehead atoms. The third kappa shape index (κ3) is 2.21. The van der Waals surface area contributed by atoms with Gasteiger partial charge in [0.15, 0.2) is 0 Å². The monoisotopic (exact) mass is 258 g/mol. The summed E-state index contributed by atoms with van der Waals surface area (Å²) in [5.41, 5.74) is 8.38. The molecular formula is C14H18N4O. The minimum absolute atomic E-state index is 0.0795. The predicted molar refractivity (Wildman–Crippen MR) is 73.4 cm³/mol. The number of nitrogens with two attached hydrogens (primary N) is 1. The minimum atomic E-state index is -0.283. The van der Waals surface area contributed by atoms with Gasteiger partial charge in [-0.05, 0) is 37.5 Å². The molecule has 1 aliphatic rings. The lowest BCUT2D eigenvalue weighted by molar-refractivity contribution is -0.126. The molecule has 0 unspecified atom stereocenters. The Bertz CT molecular complexity index is 627. The van der Waals surface area contributed by atoms with Crippen molar-refractivity contribution in [1.82, 2.24) is 15.3 Å². The maximum atomic E-state index is 12.0. The fourth-order valence-corrected chi connectivity index (χ4v) is 2.34. The van der Waals surface area contributed by atoms with Crippen LogP contribution in [-0.2, 0) is 11.3 Å². The molecule has 4 N–H and O–H groups in total. The number of aromatic nitrogens is 2. The van der Waals surface area contributed by atoms with Gasteiger partial charge in [0.1, 0.15) is 5.82 Å². The van der Waals surface area contributed by atoms with Crippen molar-refractivity contribution in [3.8, 4) is 0 Å². The summed E-state index contributed by atoms with van der Waals surface area (Å²) >= 11 is 0. The number of carbonyl (C=O) groups excluding carboxylic acids is 1. The Kier molecular flexibility index (Phi) is 2.78. The molecular weight excluding hydrogens is 240 g/mol. The highest BCUT2D eigenvalue weighted by Gasteiger charge is 2.48. The van der Waals surface area contributed by atoms with Crippen molar-refractivity contribution >= 4 is 16.9 Å². The van der Waals surface area contributed by atoms with Gasteiger partial charge in [0, 0.05) is 13.1 Å². The number of aromatic amines is 1. The molecule has 1 saturated carbocycles. The van der Waals surface area contributed by atoms with Crippen LogP contribution < -0.4 is 11.1 Å². The van der Waals surface area contributed by atoms with E-state index in [9.17, 15) is 4.79 Å². The number of nitrogens with one attached hydrogen (secondary N) is 2. The summed E-state index contributed by atoms with van der Waals surface area (Å²) in [7, 11) is 0. The minimum Gasteiger partial charge on any atom is -0.352 e. The highest BCUT2D eigenvalue weighted by molar-refractivity contribution is 5.85. The number of fused-ring (bicyclic) bond motifs is 1. The van der Waals surface area contributed by atoms with Gasteiger partial charge in [-0.3, -0.25) is 4.79 Å². The summed E-state index contributed by atoms with van der Waals surface area (Å²) in [6.07, 6.45) is 1.82. The lowest BCUT2D eigenvalue weighted by Crippen LogP contribution is -2.36. The Hall–Kier alpha value is -1.88. The van der Waals surface area contributed by atoms with Crippen molar-refractivity contribution in [3.05, 3.63) is 29.6 Å².